The molecule has 0 heterocycles. The Morgan fingerprint density at radius 1 is 0.923 bits per heavy atom. The molecule has 1 atom stereocenters. The van der Waals surface area contributed by atoms with Crippen molar-refractivity contribution in [1.82, 2.24) is 10.2 Å². The molecule has 0 aromatic heterocycles. The first kappa shape index (κ1) is 29.8. The minimum atomic E-state index is -3.58. The van der Waals surface area contributed by atoms with Crippen LogP contribution in [0.25, 0.3) is 0 Å². The van der Waals surface area contributed by atoms with Crippen LogP contribution in [0.1, 0.15) is 37.3 Å². The van der Waals surface area contributed by atoms with Gasteiger partial charge in [0, 0.05) is 38.0 Å². The second kappa shape index (κ2) is 14.4. The Bertz CT molecular complexity index is 1320. The van der Waals surface area contributed by atoms with Gasteiger partial charge in [-0.1, -0.05) is 73.7 Å². The van der Waals surface area contributed by atoms with Crippen molar-refractivity contribution in [1.29, 1.82) is 0 Å². The first-order chi connectivity index (χ1) is 18.7. The van der Waals surface area contributed by atoms with Gasteiger partial charge in [0.1, 0.15) is 11.9 Å². The zero-order valence-corrected chi connectivity index (χ0v) is 23.2. The van der Waals surface area contributed by atoms with E-state index in [1.54, 1.807) is 48.5 Å². The second-order valence-corrected chi connectivity index (χ2v) is 11.3. The molecule has 1 unspecified atom stereocenters. The number of benzene rings is 3. The molecule has 39 heavy (non-hydrogen) atoms. The maximum atomic E-state index is 14.7. The van der Waals surface area contributed by atoms with Gasteiger partial charge in [-0.25, -0.2) is 12.8 Å². The number of para-hydroxylation sites is 1. The Kier molecular flexibility index (Phi) is 11.0. The maximum absolute atomic E-state index is 14.7. The molecule has 0 aliphatic rings. The zero-order valence-electron chi connectivity index (χ0n) is 22.4. The molecular formula is C30H36FN3O4S. The highest BCUT2D eigenvalue weighted by Crippen LogP contribution is 2.20. The molecular weight excluding hydrogens is 517 g/mol. The van der Waals surface area contributed by atoms with Gasteiger partial charge in [0.2, 0.25) is 21.8 Å². The van der Waals surface area contributed by atoms with Gasteiger partial charge in [0.05, 0.1) is 11.9 Å². The van der Waals surface area contributed by atoms with Crippen LogP contribution in [-0.2, 0) is 32.6 Å². The summed E-state index contributed by atoms with van der Waals surface area (Å²) in [5.74, 6) is -1.13. The van der Waals surface area contributed by atoms with Crippen molar-refractivity contribution in [3.8, 4) is 0 Å². The van der Waals surface area contributed by atoms with Crippen molar-refractivity contribution in [2.45, 2.75) is 45.2 Å². The number of hydrogen-bond donors (Lipinski definition) is 1. The van der Waals surface area contributed by atoms with Gasteiger partial charge >= 0.3 is 0 Å². The Morgan fingerprint density at radius 2 is 1.54 bits per heavy atom. The van der Waals surface area contributed by atoms with E-state index in [9.17, 15) is 22.4 Å². The molecule has 0 aliphatic heterocycles. The molecule has 0 aliphatic carbocycles. The van der Waals surface area contributed by atoms with Crippen molar-refractivity contribution in [2.24, 2.45) is 0 Å². The molecule has 0 bridgehead atoms. The van der Waals surface area contributed by atoms with Gasteiger partial charge in [-0.2, -0.15) is 0 Å². The molecule has 0 spiro atoms. The summed E-state index contributed by atoms with van der Waals surface area (Å²) in [6.07, 6.45) is 2.32. The maximum Gasteiger partial charge on any atom is 0.243 e. The van der Waals surface area contributed by atoms with Crippen LogP contribution in [0.4, 0.5) is 10.1 Å². The lowest BCUT2D eigenvalue weighted by molar-refractivity contribution is -0.141. The fraction of sp³-hybridized carbons (Fsp3) is 0.333. The number of rotatable bonds is 14. The van der Waals surface area contributed by atoms with Gasteiger partial charge in [-0.15, -0.1) is 0 Å². The SMILES string of the molecule is CCCNC(=O)C(Cc1ccccc1)N(Cc1ccccc1F)C(=O)CCCN(c1ccccc1)S(C)(=O)=O. The second-order valence-electron chi connectivity index (χ2n) is 9.38. The van der Waals surface area contributed by atoms with Crippen LogP contribution in [0.2, 0.25) is 0 Å². The number of hydrogen-bond acceptors (Lipinski definition) is 4. The van der Waals surface area contributed by atoms with Crippen LogP contribution in [0, 0.1) is 5.82 Å². The number of carbonyl (C=O) groups is 2. The quantitative estimate of drug-likeness (QED) is 0.318. The van der Waals surface area contributed by atoms with E-state index in [-0.39, 0.29) is 44.2 Å². The lowest BCUT2D eigenvalue weighted by Crippen LogP contribution is -2.50. The van der Waals surface area contributed by atoms with Gasteiger partial charge in [-0.05, 0) is 36.6 Å². The normalized spacial score (nSPS) is 12.0. The first-order valence-electron chi connectivity index (χ1n) is 13.1. The Hall–Kier alpha value is -3.72. The summed E-state index contributed by atoms with van der Waals surface area (Å²) in [6, 6.07) is 23.4. The summed E-state index contributed by atoms with van der Waals surface area (Å²) >= 11 is 0. The molecule has 0 fully saturated rings. The van der Waals surface area contributed by atoms with Crippen LogP contribution in [-0.4, -0.2) is 50.5 Å². The lowest BCUT2D eigenvalue weighted by Gasteiger charge is -2.32. The van der Waals surface area contributed by atoms with E-state index in [4.69, 9.17) is 0 Å². The van der Waals surface area contributed by atoms with Crippen molar-refractivity contribution >= 4 is 27.5 Å². The molecule has 0 saturated carbocycles. The highest BCUT2D eigenvalue weighted by atomic mass is 32.2. The zero-order chi connectivity index (χ0) is 28.3. The Morgan fingerprint density at radius 3 is 2.15 bits per heavy atom. The number of amides is 2. The third-order valence-electron chi connectivity index (χ3n) is 6.32. The van der Waals surface area contributed by atoms with E-state index in [2.05, 4.69) is 5.32 Å². The molecule has 3 aromatic carbocycles. The van der Waals surface area contributed by atoms with Crippen LogP contribution in [0.15, 0.2) is 84.9 Å². The number of nitrogens with one attached hydrogen (secondary N) is 1. The largest absolute Gasteiger partial charge is 0.354 e. The summed E-state index contributed by atoms with van der Waals surface area (Å²) in [4.78, 5) is 28.5. The summed E-state index contributed by atoms with van der Waals surface area (Å²) < 4.78 is 40.8. The van der Waals surface area contributed by atoms with Crippen LogP contribution >= 0.6 is 0 Å². The van der Waals surface area contributed by atoms with Gasteiger partial charge in [0.15, 0.2) is 0 Å². The molecule has 7 nitrogen and oxygen atoms in total. The summed E-state index contributed by atoms with van der Waals surface area (Å²) in [5.41, 5.74) is 1.68. The van der Waals surface area contributed by atoms with Gasteiger partial charge in [0.25, 0.3) is 0 Å². The number of halogens is 1. The Balaban J connectivity index is 1.87. The van der Waals surface area contributed by atoms with E-state index in [1.165, 1.54) is 15.3 Å². The molecule has 1 N–H and O–H groups in total. The molecule has 3 aromatic rings. The van der Waals surface area contributed by atoms with Crippen molar-refractivity contribution in [3.63, 3.8) is 0 Å². The average molecular weight is 554 g/mol. The smallest absolute Gasteiger partial charge is 0.243 e. The predicted molar refractivity (Wildman–Crippen MR) is 152 cm³/mol. The summed E-state index contributed by atoms with van der Waals surface area (Å²) in [6.45, 7) is 2.39. The van der Waals surface area contributed by atoms with Crippen molar-refractivity contribution < 1.29 is 22.4 Å². The molecule has 0 radical (unpaired) electrons. The van der Waals surface area contributed by atoms with Crippen molar-refractivity contribution in [2.75, 3.05) is 23.7 Å². The highest BCUT2D eigenvalue weighted by Gasteiger charge is 2.31. The minimum Gasteiger partial charge on any atom is -0.354 e. The highest BCUT2D eigenvalue weighted by molar-refractivity contribution is 7.92. The topological polar surface area (TPSA) is 86.8 Å². The van der Waals surface area contributed by atoms with E-state index >= 15 is 0 Å². The third-order valence-corrected chi connectivity index (χ3v) is 7.51. The van der Waals surface area contributed by atoms with E-state index in [0.717, 1.165) is 18.2 Å². The van der Waals surface area contributed by atoms with Crippen LogP contribution < -0.4 is 9.62 Å². The Labute approximate surface area is 230 Å². The average Bonchev–Trinajstić information content (AvgIpc) is 2.92. The van der Waals surface area contributed by atoms with Crippen LogP contribution in [0.3, 0.4) is 0 Å². The molecule has 208 valence electrons. The van der Waals surface area contributed by atoms with Gasteiger partial charge in [-0.3, -0.25) is 13.9 Å². The lowest BCUT2D eigenvalue weighted by atomic mass is 10.0. The number of carbonyl (C=O) groups excluding carboxylic acids is 2. The number of sulfonamides is 1. The number of nitrogens with zero attached hydrogens (tertiary/aromatic N) is 2. The molecule has 9 heteroatoms. The van der Waals surface area contributed by atoms with E-state index in [0.29, 0.717) is 17.8 Å². The summed E-state index contributed by atoms with van der Waals surface area (Å²) in [5, 5.41) is 2.89. The van der Waals surface area contributed by atoms with Crippen LogP contribution in [0.5, 0.6) is 0 Å². The molecule has 2 amide bonds. The standard InChI is InChI=1S/C30H36FN3O4S/c1-3-20-32-30(36)28(22-24-13-6-4-7-14-24)33(23-25-15-10-11-18-27(25)31)29(35)19-12-21-34(39(2,37)38)26-16-8-5-9-17-26/h4-11,13-18,28H,3,12,19-23H2,1-2H3,(H,32,36). The molecule has 3 rings (SSSR count). The minimum absolute atomic E-state index is 0.0142. The first-order valence-corrected chi connectivity index (χ1v) is 14.9. The monoisotopic (exact) mass is 553 g/mol. The van der Waals surface area contributed by atoms with E-state index < -0.39 is 21.9 Å². The predicted octanol–water partition coefficient (Wildman–Crippen LogP) is 4.54. The van der Waals surface area contributed by atoms with Gasteiger partial charge < -0.3 is 10.2 Å². The van der Waals surface area contributed by atoms with E-state index in [1.807, 2.05) is 37.3 Å². The van der Waals surface area contributed by atoms with Crippen molar-refractivity contribution in [3.05, 3.63) is 102 Å². The fourth-order valence-electron chi connectivity index (χ4n) is 4.33. The third kappa shape index (κ3) is 8.92. The number of anilines is 1. The fourth-order valence-corrected chi connectivity index (χ4v) is 5.29. The summed E-state index contributed by atoms with van der Waals surface area (Å²) in [7, 11) is -3.58. The molecule has 0 saturated heterocycles.